The summed E-state index contributed by atoms with van der Waals surface area (Å²) in [5.41, 5.74) is 1.57. The Bertz CT molecular complexity index is 486. The molecule has 118 valence electrons. The van der Waals surface area contributed by atoms with Crippen molar-refractivity contribution in [2.24, 2.45) is 17.3 Å². The van der Waals surface area contributed by atoms with Crippen LogP contribution in [0.2, 0.25) is 0 Å². The van der Waals surface area contributed by atoms with Gasteiger partial charge in [-0.25, -0.2) is 0 Å². The number of hydrogen-bond acceptors (Lipinski definition) is 1. The van der Waals surface area contributed by atoms with Crippen molar-refractivity contribution in [3.8, 4) is 5.75 Å². The molecule has 0 spiro atoms. The van der Waals surface area contributed by atoms with Crippen LogP contribution in [-0.2, 0) is 6.42 Å². The molecule has 0 bridgehead atoms. The zero-order chi connectivity index (χ0) is 15.6. The third-order valence-corrected chi connectivity index (χ3v) is 6.02. The van der Waals surface area contributed by atoms with Crippen LogP contribution in [0.15, 0.2) is 22.7 Å². The SMILES string of the molecule is COc1ccc(CC(C)(C)C2CCC(C)CC2Cl)cc1Br. The van der Waals surface area contributed by atoms with Gasteiger partial charge in [-0.2, -0.15) is 0 Å². The predicted molar refractivity (Wildman–Crippen MR) is 94.3 cm³/mol. The van der Waals surface area contributed by atoms with E-state index in [0.717, 1.165) is 29.0 Å². The molecule has 21 heavy (non-hydrogen) atoms. The Morgan fingerprint density at radius 2 is 2.05 bits per heavy atom. The average molecular weight is 374 g/mol. The molecule has 1 aromatic rings. The van der Waals surface area contributed by atoms with E-state index in [0.29, 0.717) is 11.3 Å². The van der Waals surface area contributed by atoms with Crippen molar-refractivity contribution < 1.29 is 4.74 Å². The first-order chi connectivity index (χ1) is 9.83. The van der Waals surface area contributed by atoms with Gasteiger partial charge in [-0.05, 0) is 70.1 Å². The number of benzene rings is 1. The van der Waals surface area contributed by atoms with Crippen molar-refractivity contribution in [3.05, 3.63) is 28.2 Å². The van der Waals surface area contributed by atoms with E-state index in [1.165, 1.54) is 18.4 Å². The van der Waals surface area contributed by atoms with Crippen LogP contribution in [0.4, 0.5) is 0 Å². The molecule has 0 saturated heterocycles. The van der Waals surface area contributed by atoms with E-state index in [4.69, 9.17) is 16.3 Å². The fraction of sp³-hybridized carbons (Fsp3) is 0.667. The molecule has 3 atom stereocenters. The van der Waals surface area contributed by atoms with Crippen molar-refractivity contribution >= 4 is 27.5 Å². The summed E-state index contributed by atoms with van der Waals surface area (Å²) < 4.78 is 6.33. The second-order valence-electron chi connectivity index (χ2n) is 7.17. The van der Waals surface area contributed by atoms with Crippen molar-refractivity contribution in [3.63, 3.8) is 0 Å². The van der Waals surface area contributed by atoms with Gasteiger partial charge in [0.15, 0.2) is 0 Å². The topological polar surface area (TPSA) is 9.23 Å². The van der Waals surface area contributed by atoms with Crippen LogP contribution < -0.4 is 4.74 Å². The second-order valence-corrected chi connectivity index (χ2v) is 8.59. The van der Waals surface area contributed by atoms with Crippen LogP contribution in [0, 0.1) is 17.3 Å². The smallest absolute Gasteiger partial charge is 0.133 e. The van der Waals surface area contributed by atoms with Crippen molar-refractivity contribution in [1.82, 2.24) is 0 Å². The van der Waals surface area contributed by atoms with Crippen molar-refractivity contribution in [2.45, 2.75) is 51.8 Å². The Morgan fingerprint density at radius 1 is 1.33 bits per heavy atom. The molecule has 0 radical (unpaired) electrons. The lowest BCUT2D eigenvalue weighted by Crippen LogP contribution is -2.37. The Hall–Kier alpha value is -0.210. The monoisotopic (exact) mass is 372 g/mol. The minimum absolute atomic E-state index is 0.223. The number of ether oxygens (including phenoxy) is 1. The van der Waals surface area contributed by atoms with E-state index >= 15 is 0 Å². The molecule has 0 heterocycles. The summed E-state index contributed by atoms with van der Waals surface area (Å²) in [6, 6.07) is 6.38. The predicted octanol–water partition coefficient (Wildman–Crippen LogP) is 6.07. The maximum Gasteiger partial charge on any atom is 0.133 e. The van der Waals surface area contributed by atoms with Gasteiger partial charge in [0.05, 0.1) is 11.6 Å². The zero-order valence-electron chi connectivity index (χ0n) is 13.5. The number of halogens is 2. The molecular weight excluding hydrogens is 348 g/mol. The number of methoxy groups -OCH3 is 1. The van der Waals surface area contributed by atoms with Crippen LogP contribution in [0.25, 0.3) is 0 Å². The fourth-order valence-electron chi connectivity index (χ4n) is 3.67. The lowest BCUT2D eigenvalue weighted by molar-refractivity contribution is 0.142. The van der Waals surface area contributed by atoms with E-state index in [-0.39, 0.29) is 5.41 Å². The highest BCUT2D eigenvalue weighted by atomic mass is 79.9. The molecule has 1 fully saturated rings. The third-order valence-electron chi connectivity index (χ3n) is 4.91. The molecule has 3 unspecified atom stereocenters. The molecule has 0 aromatic heterocycles. The molecule has 2 rings (SSSR count). The highest BCUT2D eigenvalue weighted by Gasteiger charge is 2.38. The van der Waals surface area contributed by atoms with E-state index < -0.39 is 0 Å². The average Bonchev–Trinajstić information content (AvgIpc) is 2.37. The van der Waals surface area contributed by atoms with Gasteiger partial charge >= 0.3 is 0 Å². The van der Waals surface area contributed by atoms with Crippen LogP contribution in [-0.4, -0.2) is 12.5 Å². The van der Waals surface area contributed by atoms with Gasteiger partial charge in [0.25, 0.3) is 0 Å². The molecule has 3 heteroatoms. The third kappa shape index (κ3) is 4.16. The first-order valence-corrected chi connectivity index (χ1v) is 9.03. The molecule has 0 N–H and O–H groups in total. The molecule has 1 aliphatic carbocycles. The summed E-state index contributed by atoms with van der Waals surface area (Å²) in [6.07, 6.45) is 4.77. The summed E-state index contributed by atoms with van der Waals surface area (Å²) in [5, 5.41) is 0.311. The number of alkyl halides is 1. The summed E-state index contributed by atoms with van der Waals surface area (Å²) >= 11 is 10.3. The number of hydrogen-bond donors (Lipinski definition) is 0. The molecule has 1 aliphatic rings. The summed E-state index contributed by atoms with van der Waals surface area (Å²) in [5.74, 6) is 2.25. The summed E-state index contributed by atoms with van der Waals surface area (Å²) in [6.45, 7) is 7.04. The Labute approximate surface area is 142 Å². The fourth-order valence-corrected chi connectivity index (χ4v) is 5.03. The maximum atomic E-state index is 6.68. The Balaban J connectivity index is 2.11. The van der Waals surface area contributed by atoms with Gasteiger partial charge in [0, 0.05) is 5.38 Å². The Morgan fingerprint density at radius 3 is 2.62 bits per heavy atom. The molecular formula is C18H26BrClO. The minimum atomic E-state index is 0.223. The lowest BCUT2D eigenvalue weighted by Gasteiger charge is -2.42. The highest BCUT2D eigenvalue weighted by molar-refractivity contribution is 9.10. The second kappa shape index (κ2) is 6.91. The normalized spacial score (nSPS) is 26.7. The molecule has 1 saturated carbocycles. The summed E-state index contributed by atoms with van der Waals surface area (Å²) in [4.78, 5) is 0. The van der Waals surface area contributed by atoms with Gasteiger partial charge < -0.3 is 4.74 Å². The van der Waals surface area contributed by atoms with Crippen LogP contribution in [0.5, 0.6) is 5.75 Å². The van der Waals surface area contributed by atoms with E-state index in [1.54, 1.807) is 7.11 Å². The molecule has 0 amide bonds. The van der Waals surface area contributed by atoms with E-state index in [1.807, 2.05) is 6.07 Å². The van der Waals surface area contributed by atoms with Gasteiger partial charge in [-0.15, -0.1) is 11.6 Å². The number of rotatable bonds is 4. The first kappa shape index (κ1) is 17.1. The maximum absolute atomic E-state index is 6.68. The zero-order valence-corrected chi connectivity index (χ0v) is 15.8. The lowest BCUT2D eigenvalue weighted by atomic mass is 9.66. The van der Waals surface area contributed by atoms with Crippen LogP contribution in [0.1, 0.15) is 45.6 Å². The van der Waals surface area contributed by atoms with E-state index in [2.05, 4.69) is 48.8 Å². The molecule has 1 aromatic carbocycles. The standard InChI is InChI=1S/C18H26BrClO/c1-12-5-7-14(16(20)9-12)18(2,3)11-13-6-8-17(21-4)15(19)10-13/h6,8,10,12,14,16H,5,7,9,11H2,1-4H3. The van der Waals surface area contributed by atoms with Gasteiger partial charge in [0.2, 0.25) is 0 Å². The van der Waals surface area contributed by atoms with Gasteiger partial charge in [0.1, 0.15) is 5.75 Å². The molecule has 1 nitrogen and oxygen atoms in total. The van der Waals surface area contributed by atoms with E-state index in [9.17, 15) is 0 Å². The largest absolute Gasteiger partial charge is 0.496 e. The minimum Gasteiger partial charge on any atom is -0.496 e. The highest BCUT2D eigenvalue weighted by Crippen LogP contribution is 2.44. The van der Waals surface area contributed by atoms with Crippen LogP contribution in [0.3, 0.4) is 0 Å². The van der Waals surface area contributed by atoms with Gasteiger partial charge in [-0.3, -0.25) is 0 Å². The van der Waals surface area contributed by atoms with Crippen LogP contribution >= 0.6 is 27.5 Å². The Kier molecular flexibility index (Phi) is 5.65. The van der Waals surface area contributed by atoms with Gasteiger partial charge in [-0.1, -0.05) is 33.3 Å². The first-order valence-electron chi connectivity index (χ1n) is 7.80. The van der Waals surface area contributed by atoms with Crippen molar-refractivity contribution in [1.29, 1.82) is 0 Å². The quantitative estimate of drug-likeness (QED) is 0.582. The van der Waals surface area contributed by atoms with Crippen molar-refractivity contribution in [2.75, 3.05) is 7.11 Å². The summed E-state index contributed by atoms with van der Waals surface area (Å²) in [7, 11) is 1.70. The molecule has 0 aliphatic heterocycles.